The fourth-order valence-electron chi connectivity index (χ4n) is 4.46. The van der Waals surface area contributed by atoms with Gasteiger partial charge in [-0.2, -0.15) is 0 Å². The van der Waals surface area contributed by atoms with E-state index in [1.165, 1.54) is 0 Å². The first-order valence-electron chi connectivity index (χ1n) is 12.1. The number of carbonyl (C=O) groups excluding carboxylic acids is 1. The van der Waals surface area contributed by atoms with E-state index in [2.05, 4.69) is 22.0 Å². The summed E-state index contributed by atoms with van der Waals surface area (Å²) in [5.41, 5.74) is 12.3. The molecule has 37 heavy (non-hydrogen) atoms. The maximum absolute atomic E-state index is 12.9. The summed E-state index contributed by atoms with van der Waals surface area (Å²) in [6.45, 7) is 2.63. The molecule has 0 spiro atoms. The Morgan fingerprint density at radius 1 is 0.865 bits per heavy atom. The third kappa shape index (κ3) is 5.23. The predicted molar refractivity (Wildman–Crippen MR) is 147 cm³/mol. The van der Waals surface area contributed by atoms with Crippen molar-refractivity contribution >= 4 is 28.5 Å². The van der Waals surface area contributed by atoms with Gasteiger partial charge in [0, 0.05) is 34.9 Å². The molecule has 184 valence electrons. The van der Waals surface area contributed by atoms with Crippen LogP contribution in [-0.4, -0.2) is 21.6 Å². The van der Waals surface area contributed by atoms with Crippen LogP contribution in [0.3, 0.4) is 0 Å². The van der Waals surface area contributed by atoms with Gasteiger partial charge in [-0.25, -0.2) is 4.79 Å². The molecule has 6 heteroatoms. The van der Waals surface area contributed by atoms with Gasteiger partial charge < -0.3 is 20.7 Å². The van der Waals surface area contributed by atoms with Crippen LogP contribution < -0.4 is 11.1 Å². The normalized spacial score (nSPS) is 11.8. The highest BCUT2D eigenvalue weighted by Gasteiger charge is 2.13. The zero-order valence-electron chi connectivity index (χ0n) is 20.4. The summed E-state index contributed by atoms with van der Waals surface area (Å²) in [6, 6.07) is 30.2. The number of fused-ring (bicyclic) bond motifs is 1. The zero-order valence-corrected chi connectivity index (χ0v) is 20.4. The number of nitrogens with zero attached hydrogens (tertiary/aromatic N) is 1. The van der Waals surface area contributed by atoms with Crippen LogP contribution in [0.4, 0.5) is 5.69 Å². The molecular formula is C31H27N3O3. The minimum atomic E-state index is -0.935. The number of aromatic nitrogens is 1. The second-order valence-corrected chi connectivity index (χ2v) is 9.16. The van der Waals surface area contributed by atoms with E-state index < -0.39 is 5.97 Å². The Morgan fingerprint density at radius 3 is 2.35 bits per heavy atom. The van der Waals surface area contributed by atoms with Crippen LogP contribution in [0.5, 0.6) is 0 Å². The topological polar surface area (TPSA) is 97.3 Å². The summed E-state index contributed by atoms with van der Waals surface area (Å²) in [6.07, 6.45) is 2.02. The summed E-state index contributed by atoms with van der Waals surface area (Å²) in [5, 5.41) is 13.3. The first-order chi connectivity index (χ1) is 17.9. The van der Waals surface area contributed by atoms with Crippen LogP contribution >= 0.6 is 0 Å². The number of carboxylic acids is 1. The average molecular weight is 490 g/mol. The van der Waals surface area contributed by atoms with Crippen molar-refractivity contribution in [1.29, 1.82) is 0 Å². The molecule has 1 atom stereocenters. The molecule has 1 heterocycles. The number of benzene rings is 4. The highest BCUT2D eigenvalue weighted by molar-refractivity contribution is 5.98. The van der Waals surface area contributed by atoms with Crippen molar-refractivity contribution in [3.8, 4) is 11.1 Å². The number of hydrogen-bond donors (Lipinski definition) is 3. The molecule has 0 aliphatic heterocycles. The lowest BCUT2D eigenvalue weighted by Crippen LogP contribution is -2.26. The van der Waals surface area contributed by atoms with Crippen molar-refractivity contribution in [1.82, 2.24) is 9.88 Å². The van der Waals surface area contributed by atoms with Crippen molar-refractivity contribution in [2.45, 2.75) is 19.5 Å². The number of carbonyl (C=O) groups is 2. The number of nitrogens with two attached hydrogens (primary N) is 1. The molecule has 0 bridgehead atoms. The van der Waals surface area contributed by atoms with Crippen molar-refractivity contribution in [2.24, 2.45) is 0 Å². The Labute approximate surface area is 215 Å². The minimum absolute atomic E-state index is 0.124. The van der Waals surface area contributed by atoms with E-state index in [4.69, 9.17) is 5.73 Å². The standard InChI is InChI=1S/C31H27N3O3/c1-20(22-9-12-28(32)13-10-22)33-30(35)26-11-14-29-25(18-26)15-16-34(29)19-21-5-7-23(8-6-21)24-3-2-4-27(17-24)31(36)37/h2-18,20H,19,32H2,1H3,(H,33,35)(H,36,37)/t20-/m0/s1. The highest BCUT2D eigenvalue weighted by atomic mass is 16.4. The molecule has 0 aliphatic carbocycles. The van der Waals surface area contributed by atoms with Gasteiger partial charge in [0.15, 0.2) is 0 Å². The van der Waals surface area contributed by atoms with Gasteiger partial charge in [0.05, 0.1) is 11.6 Å². The van der Waals surface area contributed by atoms with Crippen molar-refractivity contribution < 1.29 is 14.7 Å². The molecule has 0 aliphatic rings. The number of amides is 1. The molecule has 5 rings (SSSR count). The van der Waals surface area contributed by atoms with Crippen LogP contribution in [0.25, 0.3) is 22.0 Å². The first kappa shape index (κ1) is 23.9. The van der Waals surface area contributed by atoms with Crippen LogP contribution in [0.2, 0.25) is 0 Å². The monoisotopic (exact) mass is 489 g/mol. The van der Waals surface area contributed by atoms with Crippen molar-refractivity contribution in [3.63, 3.8) is 0 Å². The molecule has 1 amide bonds. The molecule has 1 aromatic heterocycles. The summed E-state index contributed by atoms with van der Waals surface area (Å²) >= 11 is 0. The lowest BCUT2D eigenvalue weighted by atomic mass is 10.0. The molecule has 0 saturated carbocycles. The summed E-state index contributed by atoms with van der Waals surface area (Å²) in [7, 11) is 0. The van der Waals surface area contributed by atoms with Crippen LogP contribution in [0.15, 0.2) is 103 Å². The fourth-order valence-corrected chi connectivity index (χ4v) is 4.46. The number of aromatic carboxylic acids is 1. The summed E-state index contributed by atoms with van der Waals surface area (Å²) in [5.74, 6) is -1.06. The zero-order chi connectivity index (χ0) is 25.9. The van der Waals surface area contributed by atoms with Crippen LogP contribution in [0, 0.1) is 0 Å². The van der Waals surface area contributed by atoms with E-state index in [1.54, 1.807) is 18.2 Å². The second kappa shape index (κ2) is 10.0. The third-order valence-corrected chi connectivity index (χ3v) is 6.57. The molecular weight excluding hydrogens is 462 g/mol. The van der Waals surface area contributed by atoms with Gasteiger partial charge in [0.2, 0.25) is 0 Å². The second-order valence-electron chi connectivity index (χ2n) is 9.16. The molecule has 5 aromatic rings. The van der Waals surface area contributed by atoms with E-state index in [9.17, 15) is 14.7 Å². The van der Waals surface area contributed by atoms with Gasteiger partial charge in [-0.1, -0.05) is 48.5 Å². The molecule has 4 N–H and O–H groups in total. The summed E-state index contributed by atoms with van der Waals surface area (Å²) in [4.78, 5) is 24.1. The maximum Gasteiger partial charge on any atom is 0.335 e. The van der Waals surface area contributed by atoms with E-state index in [-0.39, 0.29) is 17.5 Å². The van der Waals surface area contributed by atoms with E-state index >= 15 is 0 Å². The van der Waals surface area contributed by atoms with Crippen LogP contribution in [-0.2, 0) is 6.54 Å². The quantitative estimate of drug-likeness (QED) is 0.240. The number of anilines is 1. The van der Waals surface area contributed by atoms with Gasteiger partial charge in [-0.05, 0) is 77.7 Å². The van der Waals surface area contributed by atoms with Crippen LogP contribution in [0.1, 0.15) is 44.8 Å². The van der Waals surface area contributed by atoms with Gasteiger partial charge in [0.25, 0.3) is 5.91 Å². The largest absolute Gasteiger partial charge is 0.478 e. The maximum atomic E-state index is 12.9. The Balaban J connectivity index is 1.29. The highest BCUT2D eigenvalue weighted by Crippen LogP contribution is 2.24. The van der Waals surface area contributed by atoms with E-state index in [1.807, 2.05) is 79.9 Å². The summed E-state index contributed by atoms with van der Waals surface area (Å²) < 4.78 is 2.15. The van der Waals surface area contributed by atoms with Gasteiger partial charge >= 0.3 is 5.97 Å². The number of hydrogen-bond acceptors (Lipinski definition) is 3. The Morgan fingerprint density at radius 2 is 1.62 bits per heavy atom. The SMILES string of the molecule is C[C@H](NC(=O)c1ccc2c(ccn2Cc2ccc(-c3cccc(C(=O)O)c3)cc2)c1)c1ccc(N)cc1. The Bertz CT molecular complexity index is 1580. The van der Waals surface area contributed by atoms with Gasteiger partial charge in [-0.3, -0.25) is 4.79 Å². The number of carboxylic acid groups (broad SMARTS) is 1. The lowest BCUT2D eigenvalue weighted by molar-refractivity contribution is 0.0696. The number of nitrogens with one attached hydrogen (secondary N) is 1. The number of nitrogen functional groups attached to an aromatic ring is 1. The fraction of sp³-hybridized carbons (Fsp3) is 0.0968. The van der Waals surface area contributed by atoms with E-state index in [0.717, 1.165) is 33.2 Å². The molecule has 6 nitrogen and oxygen atoms in total. The predicted octanol–water partition coefficient (Wildman–Crippen LogP) is 6.13. The Hall–Kier alpha value is -4.84. The average Bonchev–Trinajstić information content (AvgIpc) is 3.31. The van der Waals surface area contributed by atoms with Gasteiger partial charge in [-0.15, -0.1) is 0 Å². The lowest BCUT2D eigenvalue weighted by Gasteiger charge is -2.15. The molecule has 0 radical (unpaired) electrons. The van der Waals surface area contributed by atoms with Crippen molar-refractivity contribution in [3.05, 3.63) is 126 Å². The molecule has 0 fully saturated rings. The number of rotatable bonds is 7. The molecule has 0 saturated heterocycles. The van der Waals surface area contributed by atoms with Gasteiger partial charge in [0.1, 0.15) is 0 Å². The first-order valence-corrected chi connectivity index (χ1v) is 12.1. The Kier molecular flexibility index (Phi) is 6.47. The minimum Gasteiger partial charge on any atom is -0.478 e. The molecule has 0 unspecified atom stereocenters. The smallest absolute Gasteiger partial charge is 0.335 e. The molecule has 4 aromatic carbocycles. The van der Waals surface area contributed by atoms with E-state index in [0.29, 0.717) is 17.8 Å². The third-order valence-electron chi connectivity index (χ3n) is 6.57. The van der Waals surface area contributed by atoms with Crippen molar-refractivity contribution in [2.75, 3.05) is 5.73 Å².